The number of urea groups is 1. The van der Waals surface area contributed by atoms with Gasteiger partial charge in [0.25, 0.3) is 0 Å². The molecule has 2 heterocycles. The Bertz CT molecular complexity index is 776. The fourth-order valence-electron chi connectivity index (χ4n) is 2.82. The van der Waals surface area contributed by atoms with Crippen molar-refractivity contribution in [2.45, 2.75) is 12.5 Å². The van der Waals surface area contributed by atoms with Crippen molar-refractivity contribution in [2.24, 2.45) is 7.05 Å². The van der Waals surface area contributed by atoms with Gasteiger partial charge in [0.1, 0.15) is 17.7 Å². The second kappa shape index (κ2) is 7.33. The van der Waals surface area contributed by atoms with Crippen LogP contribution < -0.4 is 10.6 Å². The van der Waals surface area contributed by atoms with Gasteiger partial charge >= 0.3 is 6.03 Å². The summed E-state index contributed by atoms with van der Waals surface area (Å²) in [6.45, 7) is 1.18. The van der Waals surface area contributed by atoms with E-state index in [4.69, 9.17) is 0 Å². The number of carbonyl (C=O) groups is 2. The molecule has 2 aromatic rings. The van der Waals surface area contributed by atoms with Crippen molar-refractivity contribution in [2.75, 3.05) is 19.6 Å². The molecule has 0 radical (unpaired) electrons. The number of nitrogens with one attached hydrogen (secondary N) is 2. The molecule has 8 heteroatoms. The van der Waals surface area contributed by atoms with Gasteiger partial charge in [-0.2, -0.15) is 0 Å². The van der Waals surface area contributed by atoms with Crippen molar-refractivity contribution in [3.63, 3.8) is 0 Å². The van der Waals surface area contributed by atoms with E-state index in [-0.39, 0.29) is 24.2 Å². The molecule has 0 saturated carbocycles. The number of rotatable bonds is 3. The van der Waals surface area contributed by atoms with E-state index in [1.165, 1.54) is 12.1 Å². The van der Waals surface area contributed by atoms with Crippen molar-refractivity contribution in [1.29, 1.82) is 0 Å². The van der Waals surface area contributed by atoms with E-state index in [0.29, 0.717) is 31.0 Å². The molecule has 1 atom stereocenters. The molecule has 0 aliphatic carbocycles. The van der Waals surface area contributed by atoms with E-state index in [1.54, 1.807) is 34.0 Å². The van der Waals surface area contributed by atoms with Gasteiger partial charge in [-0.3, -0.25) is 4.79 Å². The minimum Gasteiger partial charge on any atom is -0.354 e. The molecule has 3 rings (SSSR count). The van der Waals surface area contributed by atoms with E-state index in [1.807, 2.05) is 7.05 Å². The Morgan fingerprint density at radius 3 is 2.96 bits per heavy atom. The van der Waals surface area contributed by atoms with Gasteiger partial charge in [-0.25, -0.2) is 14.2 Å². The van der Waals surface area contributed by atoms with E-state index in [0.717, 1.165) is 0 Å². The van der Waals surface area contributed by atoms with Gasteiger partial charge < -0.3 is 20.1 Å². The molecule has 0 unspecified atom stereocenters. The van der Waals surface area contributed by atoms with Crippen LogP contribution in [0.25, 0.3) is 0 Å². The molecule has 0 spiro atoms. The fourth-order valence-corrected chi connectivity index (χ4v) is 2.82. The smallest absolute Gasteiger partial charge is 0.318 e. The second-order valence-electron chi connectivity index (χ2n) is 5.92. The zero-order valence-electron chi connectivity index (χ0n) is 13.9. The third-order valence-electron chi connectivity index (χ3n) is 4.17. The number of nitrogens with zero attached hydrogens (tertiary/aromatic N) is 3. The van der Waals surface area contributed by atoms with E-state index >= 15 is 0 Å². The van der Waals surface area contributed by atoms with E-state index < -0.39 is 6.04 Å². The Kier molecular flexibility index (Phi) is 4.97. The average Bonchev–Trinajstić information content (AvgIpc) is 2.88. The van der Waals surface area contributed by atoms with Crippen LogP contribution in [0.1, 0.15) is 23.9 Å². The highest BCUT2D eigenvalue weighted by molar-refractivity contribution is 5.79. The first-order valence-electron chi connectivity index (χ1n) is 8.09. The Balaban J connectivity index is 1.84. The fraction of sp³-hybridized carbons (Fsp3) is 0.353. The highest BCUT2D eigenvalue weighted by Crippen LogP contribution is 2.21. The van der Waals surface area contributed by atoms with E-state index in [9.17, 15) is 14.0 Å². The number of aryl methyl sites for hydroxylation is 1. The molecule has 7 nitrogen and oxygen atoms in total. The Hall–Kier alpha value is -2.90. The van der Waals surface area contributed by atoms with Gasteiger partial charge in [0, 0.05) is 45.5 Å². The summed E-state index contributed by atoms with van der Waals surface area (Å²) in [7, 11) is 1.81. The van der Waals surface area contributed by atoms with Crippen LogP contribution in [0.3, 0.4) is 0 Å². The Labute approximate surface area is 144 Å². The van der Waals surface area contributed by atoms with Crippen LogP contribution in [0.4, 0.5) is 9.18 Å². The van der Waals surface area contributed by atoms with E-state index in [2.05, 4.69) is 15.6 Å². The second-order valence-corrected chi connectivity index (χ2v) is 5.92. The molecule has 0 bridgehead atoms. The normalized spacial score (nSPS) is 16.1. The molecule has 25 heavy (non-hydrogen) atoms. The Morgan fingerprint density at radius 1 is 1.40 bits per heavy atom. The van der Waals surface area contributed by atoms with Gasteiger partial charge in [-0.1, -0.05) is 12.1 Å². The summed E-state index contributed by atoms with van der Waals surface area (Å²) in [4.78, 5) is 30.0. The van der Waals surface area contributed by atoms with Crippen LogP contribution in [-0.4, -0.2) is 46.0 Å². The standard InChI is InChI=1S/C17H20FN5O2/c1-22-9-6-20-16(22)15(12-3-2-4-13(18)11-12)21-17(25)23-8-5-14(24)19-7-10-23/h2-4,6,9,11,15H,5,7-8,10H2,1H3,(H,19,24)(H,21,25)/t15-/m0/s1. The molecular weight excluding hydrogens is 325 g/mol. The molecule has 1 aliphatic rings. The first kappa shape index (κ1) is 16.9. The lowest BCUT2D eigenvalue weighted by Crippen LogP contribution is -2.44. The molecule has 1 aromatic heterocycles. The van der Waals surface area contributed by atoms with Crippen LogP contribution >= 0.6 is 0 Å². The number of benzene rings is 1. The zero-order valence-corrected chi connectivity index (χ0v) is 13.9. The maximum Gasteiger partial charge on any atom is 0.318 e. The highest BCUT2D eigenvalue weighted by Gasteiger charge is 2.25. The van der Waals surface area contributed by atoms with Crippen LogP contribution in [0.5, 0.6) is 0 Å². The van der Waals surface area contributed by atoms with Gasteiger partial charge in [0.05, 0.1) is 0 Å². The predicted molar refractivity (Wildman–Crippen MR) is 89.2 cm³/mol. The number of hydrogen-bond acceptors (Lipinski definition) is 3. The van der Waals surface area contributed by atoms with Crippen molar-refractivity contribution in [3.8, 4) is 0 Å². The number of amides is 3. The van der Waals surface area contributed by atoms with Crippen molar-refractivity contribution >= 4 is 11.9 Å². The SMILES string of the molecule is Cn1ccnc1[C@@H](NC(=O)N1CCNC(=O)CC1)c1cccc(F)c1. The summed E-state index contributed by atoms with van der Waals surface area (Å²) in [5, 5.41) is 5.65. The molecule has 132 valence electrons. The van der Waals surface area contributed by atoms with Crippen molar-refractivity contribution in [3.05, 3.63) is 53.9 Å². The molecule has 1 fully saturated rings. The summed E-state index contributed by atoms with van der Waals surface area (Å²) in [5.41, 5.74) is 0.603. The zero-order chi connectivity index (χ0) is 17.8. The van der Waals surface area contributed by atoms with Gasteiger partial charge in [-0.15, -0.1) is 0 Å². The van der Waals surface area contributed by atoms with Gasteiger partial charge in [-0.05, 0) is 17.7 Å². The predicted octanol–water partition coefficient (Wildman–Crippen LogP) is 1.18. The van der Waals surface area contributed by atoms with Crippen molar-refractivity contribution in [1.82, 2.24) is 25.1 Å². The lowest BCUT2D eigenvalue weighted by molar-refractivity contribution is -0.120. The number of carbonyl (C=O) groups excluding carboxylic acids is 2. The number of hydrogen-bond donors (Lipinski definition) is 2. The molecule has 1 aliphatic heterocycles. The lowest BCUT2D eigenvalue weighted by atomic mass is 10.1. The summed E-state index contributed by atoms with van der Waals surface area (Å²) in [6.07, 6.45) is 3.66. The summed E-state index contributed by atoms with van der Waals surface area (Å²) >= 11 is 0. The van der Waals surface area contributed by atoms with Crippen LogP contribution in [0.2, 0.25) is 0 Å². The summed E-state index contributed by atoms with van der Waals surface area (Å²) in [5.74, 6) is 0.152. The summed E-state index contributed by atoms with van der Waals surface area (Å²) < 4.78 is 15.4. The Morgan fingerprint density at radius 2 is 2.24 bits per heavy atom. The molecule has 3 amide bonds. The largest absolute Gasteiger partial charge is 0.354 e. The molecular formula is C17H20FN5O2. The van der Waals surface area contributed by atoms with Crippen LogP contribution in [0, 0.1) is 5.82 Å². The van der Waals surface area contributed by atoms with Gasteiger partial charge in [0.15, 0.2) is 0 Å². The third kappa shape index (κ3) is 3.96. The summed E-state index contributed by atoms with van der Waals surface area (Å²) in [6, 6.07) is 5.18. The minimum atomic E-state index is -0.588. The maximum atomic E-state index is 13.7. The average molecular weight is 345 g/mol. The lowest BCUT2D eigenvalue weighted by Gasteiger charge is -2.25. The first-order chi connectivity index (χ1) is 12.0. The molecule has 1 aromatic carbocycles. The number of halogens is 1. The maximum absolute atomic E-state index is 13.7. The topological polar surface area (TPSA) is 79.3 Å². The third-order valence-corrected chi connectivity index (χ3v) is 4.17. The van der Waals surface area contributed by atoms with Crippen LogP contribution in [0.15, 0.2) is 36.7 Å². The first-order valence-corrected chi connectivity index (χ1v) is 8.09. The van der Waals surface area contributed by atoms with Crippen molar-refractivity contribution < 1.29 is 14.0 Å². The van der Waals surface area contributed by atoms with Gasteiger partial charge in [0.2, 0.25) is 5.91 Å². The number of imidazole rings is 1. The highest BCUT2D eigenvalue weighted by atomic mass is 19.1. The molecule has 2 N–H and O–H groups in total. The molecule has 1 saturated heterocycles. The minimum absolute atomic E-state index is 0.0684. The quantitative estimate of drug-likeness (QED) is 0.877. The van der Waals surface area contributed by atoms with Crippen LogP contribution in [-0.2, 0) is 11.8 Å². The monoisotopic (exact) mass is 345 g/mol. The number of aromatic nitrogens is 2.